The number of aliphatic carboxylic acids is 2. The minimum Gasteiger partial charge on any atom is -0.481 e. The third kappa shape index (κ3) is 10.0. The minimum atomic E-state index is -3.02. The summed E-state index contributed by atoms with van der Waals surface area (Å²) in [6.45, 7) is -1.78. The van der Waals surface area contributed by atoms with Crippen molar-refractivity contribution in [1.29, 1.82) is 0 Å². The Bertz CT molecular complexity index is 435. The van der Waals surface area contributed by atoms with Crippen molar-refractivity contribution in [2.24, 2.45) is 0 Å². The van der Waals surface area contributed by atoms with Gasteiger partial charge in [-0.25, -0.2) is 0 Å². The summed E-state index contributed by atoms with van der Waals surface area (Å²) in [6.07, 6.45) is -9.32. The molecule has 25 heavy (non-hydrogen) atoms. The quantitative estimate of drug-likeness (QED) is 0.127. The van der Waals surface area contributed by atoms with Crippen molar-refractivity contribution >= 4 is 17.7 Å². The van der Waals surface area contributed by atoms with Crippen LogP contribution in [0.15, 0.2) is 0 Å². The van der Waals surface area contributed by atoms with E-state index in [1.807, 2.05) is 0 Å². The Morgan fingerprint density at radius 2 is 1.28 bits per heavy atom. The maximum absolute atomic E-state index is 10.7. The summed E-state index contributed by atoms with van der Waals surface area (Å²) in [5.41, 5.74) is 0. The van der Waals surface area contributed by atoms with E-state index in [9.17, 15) is 14.4 Å². The zero-order valence-corrected chi connectivity index (χ0v) is 12.8. The summed E-state index contributed by atoms with van der Waals surface area (Å²) in [5, 5.41) is 85.9. The van der Waals surface area contributed by atoms with Crippen LogP contribution in [0.2, 0.25) is 0 Å². The predicted molar refractivity (Wildman–Crippen MR) is 74.9 cm³/mol. The fourth-order valence-corrected chi connectivity index (χ4v) is 1.24. The lowest BCUT2D eigenvalue weighted by Gasteiger charge is -2.29. The van der Waals surface area contributed by atoms with Crippen molar-refractivity contribution in [2.75, 3.05) is 13.2 Å². The molecule has 4 atom stereocenters. The number of aliphatic hydroxyl groups is 8. The van der Waals surface area contributed by atoms with Crippen LogP contribution in [0.4, 0.5) is 0 Å². The molecule has 0 spiro atoms. The van der Waals surface area contributed by atoms with Crippen LogP contribution in [0.5, 0.6) is 0 Å². The van der Waals surface area contributed by atoms with Crippen LogP contribution in [0.3, 0.4) is 0 Å². The predicted octanol–water partition coefficient (Wildman–Crippen LogP) is -5.40. The number of rotatable bonds is 10. The van der Waals surface area contributed by atoms with E-state index < -0.39 is 74.0 Å². The molecule has 0 saturated carbocycles. The fraction of sp³-hybridized carbons (Fsp3) is 0.750. The highest BCUT2D eigenvalue weighted by Gasteiger charge is 2.41. The van der Waals surface area contributed by atoms with Gasteiger partial charge in [-0.15, -0.1) is 0 Å². The number of aliphatic hydroxyl groups excluding tert-OH is 6. The fourth-order valence-electron chi connectivity index (χ4n) is 1.24. The topological polar surface area (TPSA) is 254 Å². The third-order valence-corrected chi connectivity index (χ3v) is 2.73. The van der Waals surface area contributed by atoms with Gasteiger partial charge < -0.3 is 51.1 Å². The van der Waals surface area contributed by atoms with Crippen LogP contribution in [0.1, 0.15) is 12.8 Å². The molecule has 0 fully saturated rings. The monoisotopic (exact) mass is 374 g/mol. The van der Waals surface area contributed by atoms with Gasteiger partial charge in [0, 0.05) is 0 Å². The summed E-state index contributed by atoms with van der Waals surface area (Å²) >= 11 is 0. The van der Waals surface area contributed by atoms with Gasteiger partial charge in [-0.05, 0) is 0 Å². The van der Waals surface area contributed by atoms with Crippen molar-refractivity contribution < 1.29 is 65.4 Å². The van der Waals surface area contributed by atoms with Crippen LogP contribution < -0.4 is 0 Å². The Balaban J connectivity index is 0. The lowest BCUT2D eigenvalue weighted by Crippen LogP contribution is -2.54. The van der Waals surface area contributed by atoms with Crippen molar-refractivity contribution in [1.82, 2.24) is 0 Å². The number of carboxylic acid groups (broad SMARTS) is 2. The summed E-state index contributed by atoms with van der Waals surface area (Å²) in [6, 6.07) is 0. The number of ketones is 1. The maximum Gasteiger partial charge on any atom is 0.310 e. The minimum absolute atomic E-state index is 0.785. The molecule has 13 heteroatoms. The van der Waals surface area contributed by atoms with Crippen LogP contribution in [-0.4, -0.2) is 112 Å². The van der Waals surface area contributed by atoms with Gasteiger partial charge in [-0.2, -0.15) is 0 Å². The molecule has 0 rings (SSSR count). The van der Waals surface area contributed by atoms with Crippen LogP contribution >= 0.6 is 0 Å². The van der Waals surface area contributed by atoms with Gasteiger partial charge in [0.05, 0.1) is 19.6 Å². The van der Waals surface area contributed by atoms with Gasteiger partial charge in [0.25, 0.3) is 0 Å². The Hall–Kier alpha value is -1.71. The summed E-state index contributed by atoms with van der Waals surface area (Å²) in [4.78, 5) is 30.6. The van der Waals surface area contributed by atoms with E-state index in [2.05, 4.69) is 0 Å². The second kappa shape index (κ2) is 11.8. The van der Waals surface area contributed by atoms with E-state index >= 15 is 0 Å². The Labute approximate surface area is 140 Å². The van der Waals surface area contributed by atoms with Gasteiger partial charge in [-0.1, -0.05) is 0 Å². The molecule has 0 amide bonds. The van der Waals surface area contributed by atoms with Crippen LogP contribution in [0, 0.1) is 0 Å². The second-order valence-corrected chi connectivity index (χ2v) is 4.83. The standard InChI is InChI=1S/C6H12O7.C6H10O6/c7-2-4(9)6(12,13)3(8)1-5(10)11;7-2-4(9)6(12)3(8)1-5(10)11/h3-4,7-9,12-13H,1-2H2,(H,10,11);4,6-7,9,12H,1-2H2,(H,10,11). The van der Waals surface area contributed by atoms with Crippen molar-refractivity contribution in [2.45, 2.75) is 43.0 Å². The molecule has 13 nitrogen and oxygen atoms in total. The first-order chi connectivity index (χ1) is 11.3. The number of carbonyl (C=O) groups is 3. The molecule has 0 aliphatic rings. The number of carbonyl (C=O) groups excluding carboxylic acids is 1. The molecule has 0 radical (unpaired) electrons. The number of carboxylic acids is 2. The molecule has 0 aromatic rings. The van der Waals surface area contributed by atoms with Gasteiger partial charge in [0.15, 0.2) is 5.78 Å². The maximum atomic E-state index is 10.7. The van der Waals surface area contributed by atoms with Crippen molar-refractivity contribution in [3.05, 3.63) is 0 Å². The first kappa shape index (κ1) is 25.5. The molecule has 0 aliphatic heterocycles. The van der Waals surface area contributed by atoms with E-state index in [0.29, 0.717) is 0 Å². The number of hydrogen-bond donors (Lipinski definition) is 10. The van der Waals surface area contributed by atoms with E-state index in [-0.39, 0.29) is 0 Å². The van der Waals surface area contributed by atoms with Gasteiger partial charge in [0.1, 0.15) is 30.8 Å². The first-order valence-corrected chi connectivity index (χ1v) is 6.66. The molecule has 0 aromatic heterocycles. The van der Waals surface area contributed by atoms with Crippen molar-refractivity contribution in [3.8, 4) is 0 Å². The number of hydrogen-bond acceptors (Lipinski definition) is 11. The molecule has 10 N–H and O–H groups in total. The Kier molecular flexibility index (Phi) is 12.0. The molecule has 0 aromatic carbocycles. The average molecular weight is 374 g/mol. The second-order valence-electron chi connectivity index (χ2n) is 4.83. The lowest BCUT2D eigenvalue weighted by atomic mass is 10.0. The largest absolute Gasteiger partial charge is 0.481 e. The van der Waals surface area contributed by atoms with Crippen molar-refractivity contribution in [3.63, 3.8) is 0 Å². The normalized spacial score (nSPS) is 16.0. The smallest absolute Gasteiger partial charge is 0.310 e. The van der Waals surface area contributed by atoms with Gasteiger partial charge >= 0.3 is 11.9 Å². The first-order valence-electron chi connectivity index (χ1n) is 6.66. The van der Waals surface area contributed by atoms with E-state index in [1.165, 1.54) is 0 Å². The molecule has 0 heterocycles. The molecule has 4 unspecified atom stereocenters. The molecule has 0 saturated heterocycles. The lowest BCUT2D eigenvalue weighted by molar-refractivity contribution is -0.280. The third-order valence-electron chi connectivity index (χ3n) is 2.73. The highest BCUT2D eigenvalue weighted by atomic mass is 16.5. The summed E-state index contributed by atoms with van der Waals surface area (Å²) in [5.74, 6) is -6.88. The van der Waals surface area contributed by atoms with Crippen LogP contribution in [-0.2, 0) is 14.4 Å². The van der Waals surface area contributed by atoms with Gasteiger partial charge in [-0.3, -0.25) is 14.4 Å². The molecule has 148 valence electrons. The molecule has 0 aliphatic carbocycles. The molecular weight excluding hydrogens is 352 g/mol. The SMILES string of the molecule is O=C(O)CC(=O)C(O)C(O)CO.O=C(O)CC(O)C(O)(O)C(O)CO. The van der Waals surface area contributed by atoms with Crippen LogP contribution in [0.25, 0.3) is 0 Å². The van der Waals surface area contributed by atoms with E-state index in [4.69, 9.17) is 51.1 Å². The Morgan fingerprint density at radius 1 is 0.800 bits per heavy atom. The van der Waals surface area contributed by atoms with E-state index in [1.54, 1.807) is 0 Å². The zero-order valence-electron chi connectivity index (χ0n) is 12.8. The van der Waals surface area contributed by atoms with Gasteiger partial charge in [0.2, 0.25) is 5.79 Å². The zero-order chi connectivity index (χ0) is 20.4. The highest BCUT2D eigenvalue weighted by molar-refractivity contribution is 5.97. The molecular formula is C12H22O13. The summed E-state index contributed by atoms with van der Waals surface area (Å²) < 4.78 is 0. The highest BCUT2D eigenvalue weighted by Crippen LogP contribution is 2.14. The molecule has 0 bridgehead atoms. The summed E-state index contributed by atoms with van der Waals surface area (Å²) in [7, 11) is 0. The van der Waals surface area contributed by atoms with E-state index in [0.717, 1.165) is 0 Å². The average Bonchev–Trinajstić information content (AvgIpc) is 2.51. The number of Topliss-reactive ketones (excluding diaryl/α,β-unsaturated/α-hetero) is 1. The Morgan fingerprint density at radius 3 is 1.60 bits per heavy atom.